The maximum absolute atomic E-state index is 10.1. The van der Waals surface area contributed by atoms with Gasteiger partial charge in [-0.2, -0.15) is 10.1 Å². The molecule has 2 aromatic heterocycles. The smallest absolute Gasteiger partial charge is 0.242 e. The van der Waals surface area contributed by atoms with Crippen LogP contribution in [-0.4, -0.2) is 32.0 Å². The SMILES string of the molecule is COc1cc(CCl)ccc1Cn1nc(C)c2nc(N)nc(O)c21. The molecule has 0 atom stereocenters. The van der Waals surface area contributed by atoms with Crippen LogP contribution >= 0.6 is 11.6 Å². The summed E-state index contributed by atoms with van der Waals surface area (Å²) in [6.45, 7) is 2.20. The molecule has 0 aliphatic rings. The van der Waals surface area contributed by atoms with Crippen LogP contribution in [0.4, 0.5) is 5.95 Å². The number of aromatic hydroxyl groups is 1. The molecule has 0 amide bonds. The van der Waals surface area contributed by atoms with E-state index >= 15 is 0 Å². The van der Waals surface area contributed by atoms with Crippen molar-refractivity contribution in [2.45, 2.75) is 19.3 Å². The second kappa shape index (κ2) is 5.92. The zero-order valence-electron chi connectivity index (χ0n) is 12.7. The molecule has 8 heteroatoms. The van der Waals surface area contributed by atoms with E-state index in [0.717, 1.165) is 11.1 Å². The molecule has 7 nitrogen and oxygen atoms in total. The highest BCUT2D eigenvalue weighted by molar-refractivity contribution is 6.17. The molecule has 0 spiro atoms. The number of methoxy groups -OCH3 is 1. The molecule has 0 saturated heterocycles. The Bertz CT molecular complexity index is 878. The number of ether oxygens (including phenoxy) is 1. The number of alkyl halides is 1. The van der Waals surface area contributed by atoms with Gasteiger partial charge >= 0.3 is 0 Å². The maximum atomic E-state index is 10.1. The number of benzene rings is 1. The van der Waals surface area contributed by atoms with Gasteiger partial charge < -0.3 is 15.6 Å². The summed E-state index contributed by atoms with van der Waals surface area (Å²) in [5.74, 6) is 0.945. The summed E-state index contributed by atoms with van der Waals surface area (Å²) < 4.78 is 7.05. The Kier molecular flexibility index (Phi) is 3.96. The van der Waals surface area contributed by atoms with Gasteiger partial charge in [0.05, 0.1) is 19.3 Å². The van der Waals surface area contributed by atoms with Gasteiger partial charge in [0.1, 0.15) is 16.8 Å². The van der Waals surface area contributed by atoms with Gasteiger partial charge in [0, 0.05) is 11.4 Å². The van der Waals surface area contributed by atoms with Crippen molar-refractivity contribution in [3.05, 3.63) is 35.0 Å². The van der Waals surface area contributed by atoms with Crippen LogP contribution < -0.4 is 10.5 Å². The number of hydrogen-bond acceptors (Lipinski definition) is 6. The number of rotatable bonds is 4. The first kappa shape index (κ1) is 15.4. The summed E-state index contributed by atoms with van der Waals surface area (Å²) in [6.07, 6.45) is 0. The van der Waals surface area contributed by atoms with Crippen molar-refractivity contribution in [3.63, 3.8) is 0 Å². The Hall–Kier alpha value is -2.54. The molecule has 0 bridgehead atoms. The van der Waals surface area contributed by atoms with Crippen LogP contribution in [0, 0.1) is 6.92 Å². The first-order valence-corrected chi connectivity index (χ1v) is 7.48. The minimum Gasteiger partial charge on any atom is -0.496 e. The van der Waals surface area contributed by atoms with E-state index in [-0.39, 0.29) is 11.8 Å². The highest BCUT2D eigenvalue weighted by atomic mass is 35.5. The van der Waals surface area contributed by atoms with Crippen LogP contribution in [0.3, 0.4) is 0 Å². The van der Waals surface area contributed by atoms with E-state index < -0.39 is 0 Å². The zero-order valence-corrected chi connectivity index (χ0v) is 13.5. The zero-order chi connectivity index (χ0) is 16.6. The maximum Gasteiger partial charge on any atom is 0.242 e. The molecule has 120 valence electrons. The Balaban J connectivity index is 2.09. The summed E-state index contributed by atoms with van der Waals surface area (Å²) in [5, 5.41) is 14.5. The molecule has 2 heterocycles. The molecule has 0 saturated carbocycles. The number of fused-ring (bicyclic) bond motifs is 1. The predicted molar refractivity (Wildman–Crippen MR) is 87.8 cm³/mol. The van der Waals surface area contributed by atoms with E-state index in [1.165, 1.54) is 0 Å². The largest absolute Gasteiger partial charge is 0.496 e. The number of anilines is 1. The second-order valence-electron chi connectivity index (χ2n) is 5.13. The number of nitrogens with two attached hydrogens (primary N) is 1. The van der Waals surface area contributed by atoms with E-state index in [4.69, 9.17) is 22.1 Å². The highest BCUT2D eigenvalue weighted by Gasteiger charge is 2.16. The van der Waals surface area contributed by atoms with E-state index in [1.54, 1.807) is 18.7 Å². The van der Waals surface area contributed by atoms with E-state index in [2.05, 4.69) is 15.1 Å². The van der Waals surface area contributed by atoms with Crippen molar-refractivity contribution in [3.8, 4) is 11.6 Å². The summed E-state index contributed by atoms with van der Waals surface area (Å²) in [6, 6.07) is 5.74. The minimum atomic E-state index is -0.190. The lowest BCUT2D eigenvalue weighted by Gasteiger charge is -2.11. The van der Waals surface area contributed by atoms with Crippen molar-refractivity contribution in [1.29, 1.82) is 0 Å². The Morgan fingerprint density at radius 1 is 1.35 bits per heavy atom. The number of halogens is 1. The van der Waals surface area contributed by atoms with Gasteiger partial charge in [-0.15, -0.1) is 11.6 Å². The number of hydrogen-bond donors (Lipinski definition) is 2. The fraction of sp³-hybridized carbons (Fsp3) is 0.267. The lowest BCUT2D eigenvalue weighted by molar-refractivity contribution is 0.407. The van der Waals surface area contributed by atoms with Crippen molar-refractivity contribution < 1.29 is 9.84 Å². The Morgan fingerprint density at radius 2 is 2.13 bits per heavy atom. The quantitative estimate of drug-likeness (QED) is 0.710. The lowest BCUT2D eigenvalue weighted by Crippen LogP contribution is -2.05. The first-order valence-electron chi connectivity index (χ1n) is 6.94. The molecule has 3 rings (SSSR count). The number of nitrogen functional groups attached to an aromatic ring is 1. The van der Waals surface area contributed by atoms with Crippen LogP contribution in [0.25, 0.3) is 11.0 Å². The van der Waals surface area contributed by atoms with Crippen LogP contribution in [0.1, 0.15) is 16.8 Å². The van der Waals surface area contributed by atoms with E-state index in [1.807, 2.05) is 18.2 Å². The molecule has 0 unspecified atom stereocenters. The van der Waals surface area contributed by atoms with Gasteiger partial charge in [-0.25, -0.2) is 4.98 Å². The Morgan fingerprint density at radius 3 is 2.83 bits per heavy atom. The third-order valence-corrected chi connectivity index (χ3v) is 3.89. The molecule has 0 aliphatic carbocycles. The van der Waals surface area contributed by atoms with Crippen molar-refractivity contribution in [2.24, 2.45) is 0 Å². The van der Waals surface area contributed by atoms with Gasteiger partial charge in [-0.1, -0.05) is 12.1 Å². The molecule has 23 heavy (non-hydrogen) atoms. The number of nitrogens with zero attached hydrogens (tertiary/aromatic N) is 4. The van der Waals surface area contributed by atoms with Crippen LogP contribution in [-0.2, 0) is 12.4 Å². The lowest BCUT2D eigenvalue weighted by atomic mass is 10.1. The van der Waals surface area contributed by atoms with Crippen LogP contribution in [0.15, 0.2) is 18.2 Å². The topological polar surface area (TPSA) is 99.1 Å². The monoisotopic (exact) mass is 333 g/mol. The molecule has 0 fully saturated rings. The predicted octanol–water partition coefficient (Wildman–Crippen LogP) is 2.22. The summed E-state index contributed by atoms with van der Waals surface area (Å²) in [5.41, 5.74) is 9.10. The number of aryl methyl sites for hydroxylation is 1. The van der Waals surface area contributed by atoms with Gasteiger partial charge in [0.2, 0.25) is 11.8 Å². The average Bonchev–Trinajstić information content (AvgIpc) is 2.84. The molecule has 1 aromatic carbocycles. The fourth-order valence-corrected chi connectivity index (χ4v) is 2.67. The normalized spacial score (nSPS) is 11.1. The van der Waals surface area contributed by atoms with Crippen LogP contribution in [0.2, 0.25) is 0 Å². The molecule has 3 N–H and O–H groups in total. The second-order valence-corrected chi connectivity index (χ2v) is 5.39. The van der Waals surface area contributed by atoms with Gasteiger partial charge in [-0.3, -0.25) is 4.68 Å². The van der Waals surface area contributed by atoms with Crippen molar-refractivity contribution in [1.82, 2.24) is 19.7 Å². The fourth-order valence-electron chi connectivity index (χ4n) is 2.51. The van der Waals surface area contributed by atoms with E-state index in [0.29, 0.717) is 34.9 Å². The highest BCUT2D eigenvalue weighted by Crippen LogP contribution is 2.28. The van der Waals surface area contributed by atoms with Gasteiger partial charge in [0.25, 0.3) is 0 Å². The summed E-state index contributed by atoms with van der Waals surface area (Å²) >= 11 is 5.85. The standard InChI is InChI=1S/C15H16ClN5O2/c1-8-12-13(14(22)19-15(17)18-12)21(20-8)7-10-4-3-9(6-16)5-11(10)23-2/h3-5H,6-7H2,1-2H3,(H3,17,18,19,22). The molecular formula is C15H16ClN5O2. The molecule has 3 aromatic rings. The summed E-state index contributed by atoms with van der Waals surface area (Å²) in [4.78, 5) is 7.94. The van der Waals surface area contributed by atoms with Crippen LogP contribution in [0.5, 0.6) is 11.6 Å². The average molecular weight is 334 g/mol. The Labute approximate surface area is 137 Å². The van der Waals surface area contributed by atoms with Crippen molar-refractivity contribution in [2.75, 3.05) is 12.8 Å². The molecular weight excluding hydrogens is 318 g/mol. The molecule has 0 aliphatic heterocycles. The third-order valence-electron chi connectivity index (χ3n) is 3.58. The van der Waals surface area contributed by atoms with E-state index in [9.17, 15) is 5.11 Å². The van der Waals surface area contributed by atoms with Gasteiger partial charge in [0.15, 0.2) is 0 Å². The van der Waals surface area contributed by atoms with Gasteiger partial charge in [-0.05, 0) is 18.6 Å². The van der Waals surface area contributed by atoms with Crippen molar-refractivity contribution >= 4 is 28.6 Å². The molecule has 0 radical (unpaired) electrons. The minimum absolute atomic E-state index is 0.0155. The first-order chi connectivity index (χ1) is 11.0. The summed E-state index contributed by atoms with van der Waals surface area (Å²) in [7, 11) is 1.60. The third kappa shape index (κ3) is 2.75. The number of aromatic nitrogens is 4.